The number of ether oxygens (including phenoxy) is 2. The Morgan fingerprint density at radius 3 is 2.19 bits per heavy atom. The number of Topliss-reactive ketones (excluding diaryl/α,β-unsaturated/α-hetero) is 2. The van der Waals surface area contributed by atoms with Gasteiger partial charge in [0.05, 0.1) is 18.8 Å². The van der Waals surface area contributed by atoms with Crippen LogP contribution in [0.5, 0.6) is 0 Å². The fourth-order valence-corrected chi connectivity index (χ4v) is 4.00. The highest BCUT2D eigenvalue weighted by Gasteiger charge is 2.30. The van der Waals surface area contributed by atoms with Crippen molar-refractivity contribution in [2.24, 2.45) is 0 Å². The molecular formula is C18H30O5S3. The first-order valence-corrected chi connectivity index (χ1v) is 11.0. The number of thioether (sulfide) groups is 2. The lowest BCUT2D eigenvalue weighted by Crippen LogP contribution is -2.38. The predicted octanol–water partition coefficient (Wildman–Crippen LogP) is 4.20. The van der Waals surface area contributed by atoms with Crippen molar-refractivity contribution in [1.29, 1.82) is 0 Å². The maximum Gasteiger partial charge on any atom is 0.306 e. The average Bonchev–Trinajstić information content (AvgIpc) is 2.49. The first-order chi connectivity index (χ1) is 11.9. The Bertz CT molecular complexity index is 515. The van der Waals surface area contributed by atoms with Crippen LogP contribution in [0.2, 0.25) is 0 Å². The third kappa shape index (κ3) is 12.0. The second-order valence-corrected chi connectivity index (χ2v) is 10.4. The van der Waals surface area contributed by atoms with Crippen LogP contribution in [-0.4, -0.2) is 50.4 Å². The van der Waals surface area contributed by atoms with E-state index in [2.05, 4.69) is 0 Å². The van der Waals surface area contributed by atoms with Crippen LogP contribution in [0.15, 0.2) is 0 Å². The van der Waals surface area contributed by atoms with Crippen molar-refractivity contribution in [3.63, 3.8) is 0 Å². The van der Waals surface area contributed by atoms with E-state index < -0.39 is 17.2 Å². The molecule has 0 atom stereocenters. The summed E-state index contributed by atoms with van der Waals surface area (Å²) >= 11 is 8.08. The molecule has 0 fully saturated rings. The van der Waals surface area contributed by atoms with Crippen LogP contribution < -0.4 is 0 Å². The minimum Gasteiger partial charge on any atom is -0.460 e. The maximum absolute atomic E-state index is 12.3. The normalized spacial score (nSPS) is 11.9. The first-order valence-electron chi connectivity index (χ1n) is 8.57. The molecule has 0 aromatic carbocycles. The standard InChI is InChI=1S/C18H30O5S3/c1-7-25-16(24)26-12-14(20)18(5,6)22-11-10-17(3,4)23-15(21)9-8-13(2)19/h7-12H2,1-6H3. The van der Waals surface area contributed by atoms with Gasteiger partial charge in [-0.15, -0.1) is 11.8 Å². The zero-order chi connectivity index (χ0) is 20.4. The minimum atomic E-state index is -0.922. The molecule has 0 aliphatic carbocycles. The van der Waals surface area contributed by atoms with Crippen LogP contribution in [0, 0.1) is 0 Å². The first kappa shape index (κ1) is 25.6. The van der Waals surface area contributed by atoms with E-state index in [9.17, 15) is 14.4 Å². The van der Waals surface area contributed by atoms with Gasteiger partial charge in [-0.05, 0) is 40.4 Å². The molecule has 0 unspecified atom stereocenters. The third-order valence-electron chi connectivity index (χ3n) is 3.49. The van der Waals surface area contributed by atoms with Crippen molar-refractivity contribution in [3.05, 3.63) is 0 Å². The van der Waals surface area contributed by atoms with Gasteiger partial charge in [0.25, 0.3) is 0 Å². The summed E-state index contributed by atoms with van der Waals surface area (Å²) in [6.45, 7) is 10.8. The Balaban J connectivity index is 4.31. The van der Waals surface area contributed by atoms with E-state index in [1.165, 1.54) is 18.7 Å². The smallest absolute Gasteiger partial charge is 0.306 e. The molecule has 0 radical (unpaired) electrons. The summed E-state index contributed by atoms with van der Waals surface area (Å²) < 4.78 is 11.9. The quantitative estimate of drug-likeness (QED) is 0.342. The van der Waals surface area contributed by atoms with E-state index >= 15 is 0 Å². The van der Waals surface area contributed by atoms with Gasteiger partial charge >= 0.3 is 5.97 Å². The number of hydrogen-bond acceptors (Lipinski definition) is 8. The lowest BCUT2D eigenvalue weighted by molar-refractivity contribution is -0.161. The Morgan fingerprint density at radius 2 is 1.65 bits per heavy atom. The van der Waals surface area contributed by atoms with Gasteiger partial charge < -0.3 is 14.3 Å². The molecule has 0 rings (SSSR count). The summed E-state index contributed by atoms with van der Waals surface area (Å²) in [5, 5.41) is 0. The van der Waals surface area contributed by atoms with Gasteiger partial charge in [-0.3, -0.25) is 9.59 Å². The van der Waals surface area contributed by atoms with Gasteiger partial charge in [0.2, 0.25) is 0 Å². The zero-order valence-electron chi connectivity index (χ0n) is 16.5. The van der Waals surface area contributed by atoms with Gasteiger partial charge in [0, 0.05) is 12.8 Å². The molecule has 0 spiro atoms. The van der Waals surface area contributed by atoms with Crippen molar-refractivity contribution in [2.45, 2.75) is 72.0 Å². The van der Waals surface area contributed by atoms with Crippen LogP contribution in [-0.2, 0) is 23.9 Å². The second-order valence-electron chi connectivity index (χ2n) is 6.94. The highest BCUT2D eigenvalue weighted by molar-refractivity contribution is 8.47. The SMILES string of the molecule is CCSC(=S)SCC(=O)C(C)(C)OCCC(C)(C)OC(=O)CCC(C)=O. The van der Waals surface area contributed by atoms with Crippen molar-refractivity contribution < 1.29 is 23.9 Å². The summed E-state index contributed by atoms with van der Waals surface area (Å²) in [5.41, 5.74) is -1.64. The largest absolute Gasteiger partial charge is 0.460 e. The summed E-state index contributed by atoms with van der Waals surface area (Å²) in [4.78, 5) is 35.0. The Hall–Kier alpha value is -0.440. The molecular weight excluding hydrogens is 392 g/mol. The van der Waals surface area contributed by atoms with Crippen molar-refractivity contribution >= 4 is 56.8 Å². The van der Waals surface area contributed by atoms with Crippen LogP contribution in [0.1, 0.15) is 60.8 Å². The average molecular weight is 423 g/mol. The number of carbonyl (C=O) groups is 3. The molecule has 0 saturated carbocycles. The molecule has 0 N–H and O–H groups in total. The third-order valence-corrected chi connectivity index (χ3v) is 6.07. The van der Waals surface area contributed by atoms with Gasteiger partial charge in [-0.2, -0.15) is 0 Å². The van der Waals surface area contributed by atoms with Gasteiger partial charge in [-0.25, -0.2) is 0 Å². The number of hydrogen-bond donors (Lipinski definition) is 0. The Morgan fingerprint density at radius 1 is 1.04 bits per heavy atom. The fraction of sp³-hybridized carbons (Fsp3) is 0.778. The molecule has 0 heterocycles. The van der Waals surface area contributed by atoms with E-state index in [4.69, 9.17) is 21.7 Å². The lowest BCUT2D eigenvalue weighted by Gasteiger charge is -2.28. The molecule has 0 aromatic heterocycles. The topological polar surface area (TPSA) is 69.7 Å². The highest BCUT2D eigenvalue weighted by Crippen LogP contribution is 2.22. The van der Waals surface area contributed by atoms with Crippen LogP contribution in [0.25, 0.3) is 0 Å². The number of ketones is 2. The molecule has 0 saturated heterocycles. The van der Waals surface area contributed by atoms with Crippen molar-refractivity contribution in [3.8, 4) is 0 Å². The maximum atomic E-state index is 12.3. The molecule has 0 aliphatic rings. The lowest BCUT2D eigenvalue weighted by atomic mass is 10.0. The van der Waals surface area contributed by atoms with Gasteiger partial charge in [-0.1, -0.05) is 30.9 Å². The van der Waals surface area contributed by atoms with Crippen molar-refractivity contribution in [2.75, 3.05) is 18.1 Å². The number of esters is 1. The fourth-order valence-electron chi connectivity index (χ4n) is 1.78. The number of thiocarbonyl (C=S) groups is 1. The van der Waals surface area contributed by atoms with Crippen LogP contribution in [0.3, 0.4) is 0 Å². The summed E-state index contributed by atoms with van der Waals surface area (Å²) in [7, 11) is 0. The van der Waals surface area contributed by atoms with E-state index in [-0.39, 0.29) is 36.8 Å². The number of rotatable bonds is 12. The number of carbonyl (C=O) groups excluding carboxylic acids is 3. The summed E-state index contributed by atoms with van der Waals surface area (Å²) in [5.74, 6) is 0.692. The monoisotopic (exact) mass is 422 g/mol. The Labute approximate surface area is 170 Å². The van der Waals surface area contributed by atoms with E-state index in [1.807, 2.05) is 6.92 Å². The van der Waals surface area contributed by atoms with Gasteiger partial charge in [0.15, 0.2) is 5.78 Å². The molecule has 0 aromatic rings. The van der Waals surface area contributed by atoms with Crippen molar-refractivity contribution in [1.82, 2.24) is 0 Å². The second kappa shape index (κ2) is 12.1. The molecule has 8 heteroatoms. The summed E-state index contributed by atoms with van der Waals surface area (Å²) in [6, 6.07) is 0. The summed E-state index contributed by atoms with van der Waals surface area (Å²) in [6.07, 6.45) is 0.714. The predicted molar refractivity (Wildman–Crippen MR) is 113 cm³/mol. The molecule has 150 valence electrons. The van der Waals surface area contributed by atoms with E-state index in [0.29, 0.717) is 6.42 Å². The van der Waals surface area contributed by atoms with E-state index in [0.717, 1.165) is 9.28 Å². The molecule has 26 heavy (non-hydrogen) atoms. The minimum absolute atomic E-state index is 0.0298. The Kier molecular flexibility index (Phi) is 11.9. The molecule has 0 aliphatic heterocycles. The van der Waals surface area contributed by atoms with Crippen LogP contribution in [0.4, 0.5) is 0 Å². The molecule has 5 nitrogen and oxygen atoms in total. The zero-order valence-corrected chi connectivity index (χ0v) is 19.0. The molecule has 0 amide bonds. The van der Waals surface area contributed by atoms with Crippen LogP contribution >= 0.6 is 35.7 Å². The van der Waals surface area contributed by atoms with E-state index in [1.54, 1.807) is 39.5 Å². The highest BCUT2D eigenvalue weighted by atomic mass is 32.2. The molecule has 0 bridgehead atoms. The van der Waals surface area contributed by atoms with Gasteiger partial charge in [0.1, 0.15) is 20.5 Å².